The molecule has 1 unspecified atom stereocenters. The first-order chi connectivity index (χ1) is 9.40. The maximum absolute atomic E-state index is 12.6. The molecule has 0 saturated carbocycles. The molecular weight excluding hydrogens is 256 g/mol. The first-order valence-corrected chi connectivity index (χ1v) is 6.97. The smallest absolute Gasteiger partial charge is 0.275 e. The highest BCUT2D eigenvalue weighted by Gasteiger charge is 2.47. The van der Waals surface area contributed by atoms with Crippen LogP contribution in [-0.2, 0) is 11.3 Å². The first-order valence-electron chi connectivity index (χ1n) is 6.97. The number of carbonyl (C=O) groups excluding carboxylic acids is 2. The van der Waals surface area contributed by atoms with Gasteiger partial charge in [-0.15, -0.1) is 0 Å². The predicted octanol–water partition coefficient (Wildman–Crippen LogP) is 0.986. The fourth-order valence-corrected chi connectivity index (χ4v) is 2.78. The summed E-state index contributed by atoms with van der Waals surface area (Å²) in [5, 5.41) is 4.24. The molecule has 1 aliphatic heterocycles. The van der Waals surface area contributed by atoms with Gasteiger partial charge in [-0.3, -0.25) is 14.3 Å². The van der Waals surface area contributed by atoms with E-state index in [0.29, 0.717) is 18.7 Å². The Morgan fingerprint density at radius 1 is 1.45 bits per heavy atom. The van der Waals surface area contributed by atoms with Crippen molar-refractivity contribution < 1.29 is 9.59 Å². The molecule has 2 heterocycles. The van der Waals surface area contributed by atoms with Crippen molar-refractivity contribution in [2.45, 2.75) is 38.8 Å². The van der Waals surface area contributed by atoms with E-state index in [1.54, 1.807) is 40.8 Å². The molecule has 20 heavy (non-hydrogen) atoms. The summed E-state index contributed by atoms with van der Waals surface area (Å²) in [6.45, 7) is 5.14. The van der Waals surface area contributed by atoms with Crippen LogP contribution in [0.1, 0.15) is 37.2 Å². The van der Waals surface area contributed by atoms with E-state index in [1.807, 2.05) is 13.8 Å². The first kappa shape index (κ1) is 14.6. The third-order valence-corrected chi connectivity index (χ3v) is 3.94. The Morgan fingerprint density at radius 2 is 2.15 bits per heavy atom. The van der Waals surface area contributed by atoms with Crippen molar-refractivity contribution >= 4 is 11.8 Å². The molecule has 0 N–H and O–H groups in total. The number of likely N-dealkylation sites (tertiary alicyclic amines) is 1. The number of aromatic nitrogens is 2. The van der Waals surface area contributed by atoms with E-state index < -0.39 is 5.54 Å². The van der Waals surface area contributed by atoms with Crippen molar-refractivity contribution in [3.05, 3.63) is 18.0 Å². The molecule has 1 atom stereocenters. The summed E-state index contributed by atoms with van der Waals surface area (Å²) in [5.41, 5.74) is -0.345. The molecule has 0 bridgehead atoms. The molecule has 1 aromatic heterocycles. The van der Waals surface area contributed by atoms with Crippen molar-refractivity contribution in [2.75, 3.05) is 20.6 Å². The molecule has 1 fully saturated rings. The lowest BCUT2D eigenvalue weighted by Gasteiger charge is -2.35. The van der Waals surface area contributed by atoms with E-state index in [9.17, 15) is 9.59 Å². The summed E-state index contributed by atoms with van der Waals surface area (Å²) in [6.07, 6.45) is 3.33. The third-order valence-electron chi connectivity index (χ3n) is 3.94. The Morgan fingerprint density at radius 3 is 2.70 bits per heavy atom. The van der Waals surface area contributed by atoms with E-state index in [4.69, 9.17) is 0 Å². The molecule has 2 rings (SSSR count). The van der Waals surface area contributed by atoms with Crippen LogP contribution in [0.4, 0.5) is 0 Å². The minimum atomic E-state index is -0.753. The van der Waals surface area contributed by atoms with Crippen LogP contribution in [0.3, 0.4) is 0 Å². The molecule has 6 nitrogen and oxygen atoms in total. The second kappa shape index (κ2) is 5.26. The van der Waals surface area contributed by atoms with E-state index in [0.717, 1.165) is 13.0 Å². The molecule has 1 aliphatic rings. The van der Waals surface area contributed by atoms with Crippen molar-refractivity contribution in [1.82, 2.24) is 19.6 Å². The normalized spacial score (nSPS) is 22.1. The van der Waals surface area contributed by atoms with Gasteiger partial charge in [0.25, 0.3) is 5.91 Å². The largest absolute Gasteiger partial charge is 0.347 e. The van der Waals surface area contributed by atoms with Gasteiger partial charge in [0, 0.05) is 33.4 Å². The molecule has 110 valence electrons. The molecule has 6 heteroatoms. The average molecular weight is 278 g/mol. The Hall–Kier alpha value is -1.85. The molecule has 0 spiro atoms. The molecule has 1 aromatic rings. The maximum Gasteiger partial charge on any atom is 0.275 e. The van der Waals surface area contributed by atoms with E-state index >= 15 is 0 Å². The van der Waals surface area contributed by atoms with Gasteiger partial charge in [0.15, 0.2) is 0 Å². The lowest BCUT2D eigenvalue weighted by atomic mass is 9.97. The summed E-state index contributed by atoms with van der Waals surface area (Å²) < 4.78 is 1.72. The summed E-state index contributed by atoms with van der Waals surface area (Å²) in [7, 11) is 3.45. The van der Waals surface area contributed by atoms with Gasteiger partial charge in [0.2, 0.25) is 5.91 Å². The average Bonchev–Trinajstić information content (AvgIpc) is 3.04. The van der Waals surface area contributed by atoms with Crippen LogP contribution in [0.15, 0.2) is 12.3 Å². The fraction of sp³-hybridized carbons (Fsp3) is 0.643. The van der Waals surface area contributed by atoms with Crippen LogP contribution in [0.2, 0.25) is 0 Å². The van der Waals surface area contributed by atoms with E-state index in [2.05, 4.69) is 5.10 Å². The zero-order valence-electron chi connectivity index (χ0n) is 12.6. The fourth-order valence-electron chi connectivity index (χ4n) is 2.78. The molecule has 0 aromatic carbocycles. The van der Waals surface area contributed by atoms with Gasteiger partial charge in [-0.25, -0.2) is 0 Å². The minimum absolute atomic E-state index is 0.0294. The molecule has 1 saturated heterocycles. The second-order valence-electron chi connectivity index (χ2n) is 5.59. The van der Waals surface area contributed by atoms with Crippen molar-refractivity contribution in [3.8, 4) is 0 Å². The highest BCUT2D eigenvalue weighted by Crippen LogP contribution is 2.31. The lowest BCUT2D eigenvalue weighted by molar-refractivity contribution is -0.138. The standard InChI is InChI=1S/C14H22N4O2/c1-5-17-10-7-11(15-17)12(19)18-9-6-8-14(18,2)13(20)16(3)4/h7,10H,5-6,8-9H2,1-4H3. The van der Waals surface area contributed by atoms with Crippen LogP contribution < -0.4 is 0 Å². The molecular formula is C14H22N4O2. The van der Waals surface area contributed by atoms with Gasteiger partial charge in [-0.2, -0.15) is 5.10 Å². The van der Waals surface area contributed by atoms with Gasteiger partial charge in [0.05, 0.1) is 0 Å². The SMILES string of the molecule is CCn1ccc(C(=O)N2CCCC2(C)C(=O)N(C)C)n1. The molecule has 0 aliphatic carbocycles. The number of aryl methyl sites for hydroxylation is 1. The number of hydrogen-bond donors (Lipinski definition) is 0. The van der Waals surface area contributed by atoms with Gasteiger partial charge in [0.1, 0.15) is 11.2 Å². The number of hydrogen-bond acceptors (Lipinski definition) is 3. The van der Waals surface area contributed by atoms with Crippen LogP contribution in [0.5, 0.6) is 0 Å². The van der Waals surface area contributed by atoms with Crippen molar-refractivity contribution in [3.63, 3.8) is 0 Å². The Balaban J connectivity index is 2.26. The van der Waals surface area contributed by atoms with Gasteiger partial charge < -0.3 is 9.80 Å². The van der Waals surface area contributed by atoms with Crippen LogP contribution in [-0.4, -0.2) is 57.6 Å². The van der Waals surface area contributed by atoms with Crippen molar-refractivity contribution in [2.24, 2.45) is 0 Å². The summed E-state index contributed by atoms with van der Waals surface area (Å²) in [6, 6.07) is 1.71. The van der Waals surface area contributed by atoms with Gasteiger partial charge in [-0.05, 0) is 32.8 Å². The lowest BCUT2D eigenvalue weighted by Crippen LogP contribution is -2.55. The van der Waals surface area contributed by atoms with Crippen LogP contribution in [0.25, 0.3) is 0 Å². The minimum Gasteiger partial charge on any atom is -0.347 e. The zero-order valence-corrected chi connectivity index (χ0v) is 12.6. The zero-order chi connectivity index (χ0) is 14.9. The second-order valence-corrected chi connectivity index (χ2v) is 5.59. The van der Waals surface area contributed by atoms with Gasteiger partial charge in [-0.1, -0.05) is 0 Å². The Labute approximate surface area is 119 Å². The molecule has 2 amide bonds. The number of nitrogens with zero attached hydrogens (tertiary/aromatic N) is 4. The predicted molar refractivity (Wildman–Crippen MR) is 75.3 cm³/mol. The molecule has 0 radical (unpaired) electrons. The quantitative estimate of drug-likeness (QED) is 0.828. The Bertz CT molecular complexity index is 523. The number of amides is 2. The maximum atomic E-state index is 12.6. The Kier molecular flexibility index (Phi) is 3.83. The van der Waals surface area contributed by atoms with Crippen LogP contribution in [0, 0.1) is 0 Å². The van der Waals surface area contributed by atoms with E-state index in [-0.39, 0.29) is 11.8 Å². The summed E-state index contributed by atoms with van der Waals surface area (Å²) >= 11 is 0. The third kappa shape index (κ3) is 2.30. The van der Waals surface area contributed by atoms with E-state index in [1.165, 1.54) is 0 Å². The number of rotatable bonds is 3. The summed E-state index contributed by atoms with van der Waals surface area (Å²) in [4.78, 5) is 28.2. The number of likely N-dealkylation sites (N-methyl/N-ethyl adjacent to an activating group) is 1. The van der Waals surface area contributed by atoms with Gasteiger partial charge >= 0.3 is 0 Å². The van der Waals surface area contributed by atoms with Crippen LogP contribution >= 0.6 is 0 Å². The topological polar surface area (TPSA) is 58.4 Å². The monoisotopic (exact) mass is 278 g/mol. The number of carbonyl (C=O) groups is 2. The highest BCUT2D eigenvalue weighted by atomic mass is 16.2. The highest BCUT2D eigenvalue weighted by molar-refractivity contribution is 5.98. The summed E-state index contributed by atoms with van der Waals surface area (Å²) in [5.74, 6) is -0.189. The van der Waals surface area contributed by atoms with Crippen molar-refractivity contribution in [1.29, 1.82) is 0 Å².